The third kappa shape index (κ3) is 2.21. The Bertz CT molecular complexity index is 570. The Kier molecular flexibility index (Phi) is 3.56. The number of hydrogen-bond acceptors (Lipinski definition) is 3. The van der Waals surface area contributed by atoms with E-state index in [1.54, 1.807) is 14.2 Å². The van der Waals surface area contributed by atoms with Crippen LogP contribution in [0.25, 0.3) is 5.70 Å². The molecular weight excluding hydrogens is 238 g/mol. The van der Waals surface area contributed by atoms with Crippen LogP contribution in [0.15, 0.2) is 29.4 Å². The Labute approximate surface area is 114 Å². The summed E-state index contributed by atoms with van der Waals surface area (Å²) in [6.45, 7) is 6.41. The lowest BCUT2D eigenvalue weighted by atomic mass is 9.89. The molecule has 0 fully saturated rings. The van der Waals surface area contributed by atoms with Gasteiger partial charge in [0.1, 0.15) is 11.5 Å². The molecule has 1 aromatic carbocycles. The van der Waals surface area contributed by atoms with Crippen LogP contribution in [0.3, 0.4) is 0 Å². The minimum atomic E-state index is 0.271. The highest BCUT2D eigenvalue weighted by molar-refractivity contribution is 5.74. The molecule has 102 valence electrons. The minimum absolute atomic E-state index is 0.271. The van der Waals surface area contributed by atoms with Crippen LogP contribution in [-0.2, 0) is 0 Å². The van der Waals surface area contributed by atoms with E-state index >= 15 is 0 Å². The van der Waals surface area contributed by atoms with Gasteiger partial charge in [-0.25, -0.2) is 0 Å². The van der Waals surface area contributed by atoms with Crippen LogP contribution in [0.1, 0.15) is 37.8 Å². The van der Waals surface area contributed by atoms with E-state index in [0.29, 0.717) is 0 Å². The first-order valence-corrected chi connectivity index (χ1v) is 6.40. The van der Waals surface area contributed by atoms with Crippen molar-refractivity contribution in [2.24, 2.45) is 5.73 Å². The predicted octanol–water partition coefficient (Wildman–Crippen LogP) is 3.46. The van der Waals surface area contributed by atoms with Gasteiger partial charge in [-0.2, -0.15) is 0 Å². The van der Waals surface area contributed by atoms with E-state index in [2.05, 4.69) is 20.8 Å². The van der Waals surface area contributed by atoms with E-state index < -0.39 is 0 Å². The van der Waals surface area contributed by atoms with Gasteiger partial charge in [-0.3, -0.25) is 0 Å². The second kappa shape index (κ2) is 5.00. The van der Waals surface area contributed by atoms with E-state index in [9.17, 15) is 0 Å². The highest BCUT2D eigenvalue weighted by Gasteiger charge is 2.23. The summed E-state index contributed by atoms with van der Waals surface area (Å²) in [6.07, 6.45) is 2.02. The first-order valence-electron chi connectivity index (χ1n) is 6.40. The second-order valence-corrected chi connectivity index (χ2v) is 4.98. The quantitative estimate of drug-likeness (QED) is 0.884. The molecule has 3 heteroatoms. The molecule has 0 heterocycles. The Morgan fingerprint density at radius 3 is 2.37 bits per heavy atom. The van der Waals surface area contributed by atoms with Crippen molar-refractivity contribution in [3.8, 4) is 11.5 Å². The zero-order valence-corrected chi connectivity index (χ0v) is 12.2. The van der Waals surface area contributed by atoms with Gasteiger partial charge < -0.3 is 15.2 Å². The Hall–Kier alpha value is -1.90. The fourth-order valence-corrected chi connectivity index (χ4v) is 2.56. The zero-order valence-electron chi connectivity index (χ0n) is 12.2. The van der Waals surface area contributed by atoms with Crippen molar-refractivity contribution in [2.75, 3.05) is 14.2 Å². The fraction of sp³-hybridized carbons (Fsp3) is 0.375. The van der Waals surface area contributed by atoms with Crippen LogP contribution in [0.4, 0.5) is 0 Å². The molecule has 1 aliphatic carbocycles. The Morgan fingerprint density at radius 2 is 1.79 bits per heavy atom. The number of methoxy groups -OCH3 is 2. The van der Waals surface area contributed by atoms with Gasteiger partial charge in [-0.15, -0.1) is 0 Å². The van der Waals surface area contributed by atoms with Crippen LogP contribution in [0, 0.1) is 0 Å². The van der Waals surface area contributed by atoms with Gasteiger partial charge in [0.2, 0.25) is 0 Å². The lowest BCUT2D eigenvalue weighted by molar-refractivity contribution is 0.390. The van der Waals surface area contributed by atoms with Crippen LogP contribution in [0.2, 0.25) is 0 Å². The number of allylic oxidation sites excluding steroid dienone is 3. The smallest absolute Gasteiger partial charge is 0.127 e. The number of fused-ring (bicyclic) bond motifs is 1. The first kappa shape index (κ1) is 13.5. The summed E-state index contributed by atoms with van der Waals surface area (Å²) in [5.41, 5.74) is 11.6. The molecule has 1 unspecified atom stereocenters. The van der Waals surface area contributed by atoms with E-state index in [4.69, 9.17) is 15.2 Å². The summed E-state index contributed by atoms with van der Waals surface area (Å²) in [4.78, 5) is 0. The van der Waals surface area contributed by atoms with Gasteiger partial charge >= 0.3 is 0 Å². The van der Waals surface area contributed by atoms with Gasteiger partial charge in [0.15, 0.2) is 0 Å². The summed E-state index contributed by atoms with van der Waals surface area (Å²) >= 11 is 0. The summed E-state index contributed by atoms with van der Waals surface area (Å²) in [6, 6.07) is 3.89. The molecule has 0 radical (unpaired) electrons. The molecule has 1 aromatic rings. The first-order chi connectivity index (χ1) is 8.99. The average molecular weight is 259 g/mol. The van der Waals surface area contributed by atoms with Crippen LogP contribution in [-0.4, -0.2) is 14.2 Å². The molecule has 0 bridgehead atoms. The number of hydrogen-bond donors (Lipinski definition) is 1. The van der Waals surface area contributed by atoms with Crippen molar-refractivity contribution in [2.45, 2.75) is 26.7 Å². The molecule has 0 saturated heterocycles. The second-order valence-electron chi connectivity index (χ2n) is 4.98. The normalized spacial score (nSPS) is 18.6. The summed E-state index contributed by atoms with van der Waals surface area (Å²) in [5.74, 6) is 1.86. The molecule has 1 atom stereocenters. The number of ether oxygens (including phenoxy) is 2. The molecule has 0 saturated carbocycles. The van der Waals surface area contributed by atoms with E-state index in [1.165, 1.54) is 11.1 Å². The molecule has 0 amide bonds. The van der Waals surface area contributed by atoms with Crippen molar-refractivity contribution in [1.29, 1.82) is 0 Å². The topological polar surface area (TPSA) is 44.5 Å². The monoisotopic (exact) mass is 259 g/mol. The standard InChI is InChI=1S/C16H21NO2/c1-9-6-14(17)13-7-12(18-4)8-15(19-5)16(13)11(3)10(9)2/h6-8,11H,17H2,1-5H3. The van der Waals surface area contributed by atoms with Crippen LogP contribution >= 0.6 is 0 Å². The average Bonchev–Trinajstić information content (AvgIpc) is 2.50. The summed E-state index contributed by atoms with van der Waals surface area (Å²) < 4.78 is 10.9. The van der Waals surface area contributed by atoms with Gasteiger partial charge in [-0.05, 0) is 31.6 Å². The largest absolute Gasteiger partial charge is 0.497 e. The van der Waals surface area contributed by atoms with Crippen LogP contribution < -0.4 is 15.2 Å². The maximum atomic E-state index is 6.22. The molecule has 0 aliphatic heterocycles. The molecule has 2 rings (SSSR count). The van der Waals surface area contributed by atoms with Crippen LogP contribution in [0.5, 0.6) is 11.5 Å². The summed E-state index contributed by atoms with van der Waals surface area (Å²) in [7, 11) is 3.33. The molecule has 0 spiro atoms. The lowest BCUT2D eigenvalue weighted by Crippen LogP contribution is -2.06. The van der Waals surface area contributed by atoms with Crippen molar-refractivity contribution >= 4 is 5.70 Å². The van der Waals surface area contributed by atoms with E-state index in [1.807, 2.05) is 18.2 Å². The van der Waals surface area contributed by atoms with Gasteiger partial charge in [-0.1, -0.05) is 12.5 Å². The van der Waals surface area contributed by atoms with E-state index in [-0.39, 0.29) is 5.92 Å². The fourth-order valence-electron chi connectivity index (χ4n) is 2.56. The molecule has 1 aliphatic rings. The highest BCUT2D eigenvalue weighted by atomic mass is 16.5. The summed E-state index contributed by atoms with van der Waals surface area (Å²) in [5, 5.41) is 0. The maximum absolute atomic E-state index is 6.22. The van der Waals surface area contributed by atoms with Crippen molar-refractivity contribution in [3.05, 3.63) is 40.5 Å². The van der Waals surface area contributed by atoms with Crippen molar-refractivity contribution < 1.29 is 9.47 Å². The molecule has 0 aromatic heterocycles. The molecule has 19 heavy (non-hydrogen) atoms. The van der Waals surface area contributed by atoms with Gasteiger partial charge in [0.05, 0.1) is 14.2 Å². The van der Waals surface area contributed by atoms with Gasteiger partial charge in [0, 0.05) is 28.8 Å². The number of rotatable bonds is 2. The third-order valence-electron chi connectivity index (χ3n) is 3.96. The molecular formula is C16H21NO2. The molecule has 3 nitrogen and oxygen atoms in total. The maximum Gasteiger partial charge on any atom is 0.127 e. The molecule has 2 N–H and O–H groups in total. The number of benzene rings is 1. The minimum Gasteiger partial charge on any atom is -0.497 e. The SMILES string of the molecule is COc1cc(OC)c2c(c1)C(N)=CC(C)=C(C)C2C. The third-order valence-corrected chi connectivity index (χ3v) is 3.96. The Morgan fingerprint density at radius 1 is 1.11 bits per heavy atom. The number of nitrogens with two attached hydrogens (primary N) is 1. The lowest BCUT2D eigenvalue weighted by Gasteiger charge is -2.20. The highest BCUT2D eigenvalue weighted by Crippen LogP contribution is 2.42. The Balaban J connectivity index is 2.77. The van der Waals surface area contributed by atoms with Gasteiger partial charge in [0.25, 0.3) is 0 Å². The predicted molar refractivity (Wildman–Crippen MR) is 78.5 cm³/mol. The van der Waals surface area contributed by atoms with E-state index in [0.717, 1.165) is 28.3 Å². The van der Waals surface area contributed by atoms with Crippen molar-refractivity contribution in [1.82, 2.24) is 0 Å². The zero-order chi connectivity index (χ0) is 14.2. The van der Waals surface area contributed by atoms with Crippen molar-refractivity contribution in [3.63, 3.8) is 0 Å².